The largest absolute Gasteiger partial charge is 0.351 e. The minimum Gasteiger partial charge on any atom is -0.351 e. The number of nitrogens with zero attached hydrogens (tertiary/aromatic N) is 2. The van der Waals surface area contributed by atoms with Gasteiger partial charge in [0, 0.05) is 24.0 Å². The van der Waals surface area contributed by atoms with Crippen LogP contribution in [0.4, 0.5) is 0 Å². The monoisotopic (exact) mass is 324 g/mol. The normalized spacial score (nSPS) is 20.3. The molecule has 1 saturated carbocycles. The van der Waals surface area contributed by atoms with Crippen molar-refractivity contribution < 1.29 is 9.59 Å². The Labute approximate surface area is 140 Å². The van der Waals surface area contributed by atoms with Crippen LogP contribution in [0.15, 0.2) is 30.3 Å². The molecule has 1 aliphatic carbocycles. The van der Waals surface area contributed by atoms with E-state index in [4.69, 9.17) is 5.26 Å². The number of hydrogen-bond acceptors (Lipinski definition) is 3. The van der Waals surface area contributed by atoms with Gasteiger partial charge in [-0.25, -0.2) is 0 Å². The van der Waals surface area contributed by atoms with Gasteiger partial charge >= 0.3 is 0 Å². The van der Waals surface area contributed by atoms with Crippen LogP contribution in [0, 0.1) is 17.4 Å². The summed E-state index contributed by atoms with van der Waals surface area (Å²) in [6.45, 7) is 0. The zero-order valence-corrected chi connectivity index (χ0v) is 13.6. The lowest BCUT2D eigenvalue weighted by molar-refractivity contribution is -0.133. The number of nitrogens with one attached hydrogen (secondary N) is 2. The SMILES string of the molecule is CN(C#N)C(=O)[C@@H]1CCCC[C@@H]1NC(=O)c1cc2ccccc2[nH]1. The molecule has 1 aromatic carbocycles. The maximum absolute atomic E-state index is 12.6. The summed E-state index contributed by atoms with van der Waals surface area (Å²) in [6, 6.07) is 9.27. The second-order valence-corrected chi connectivity index (χ2v) is 6.24. The van der Waals surface area contributed by atoms with E-state index >= 15 is 0 Å². The number of para-hydroxylation sites is 1. The number of aromatic amines is 1. The molecule has 1 aromatic heterocycles. The molecule has 6 heteroatoms. The number of carbonyl (C=O) groups is 2. The Morgan fingerprint density at radius 1 is 1.29 bits per heavy atom. The minimum atomic E-state index is -0.336. The molecule has 2 amide bonds. The first-order chi connectivity index (χ1) is 11.6. The number of H-pyrrole nitrogens is 1. The number of hydrogen-bond donors (Lipinski definition) is 2. The van der Waals surface area contributed by atoms with Gasteiger partial charge in [-0.2, -0.15) is 5.26 Å². The highest BCUT2D eigenvalue weighted by atomic mass is 16.2. The van der Waals surface area contributed by atoms with Gasteiger partial charge in [-0.15, -0.1) is 0 Å². The molecule has 0 radical (unpaired) electrons. The van der Waals surface area contributed by atoms with Crippen molar-refractivity contribution in [3.8, 4) is 6.19 Å². The molecule has 0 saturated heterocycles. The molecule has 0 bridgehead atoms. The zero-order valence-electron chi connectivity index (χ0n) is 13.6. The summed E-state index contributed by atoms with van der Waals surface area (Å²) in [6.07, 6.45) is 5.21. The van der Waals surface area contributed by atoms with Crippen molar-refractivity contribution in [2.24, 2.45) is 5.92 Å². The first-order valence-electron chi connectivity index (χ1n) is 8.16. The molecule has 0 aliphatic heterocycles. The van der Waals surface area contributed by atoms with Crippen molar-refractivity contribution in [2.75, 3.05) is 7.05 Å². The van der Waals surface area contributed by atoms with Crippen LogP contribution in [0.3, 0.4) is 0 Å². The molecule has 2 N–H and O–H groups in total. The van der Waals surface area contributed by atoms with Crippen molar-refractivity contribution in [1.82, 2.24) is 15.2 Å². The highest BCUT2D eigenvalue weighted by molar-refractivity contribution is 5.98. The predicted molar refractivity (Wildman–Crippen MR) is 89.9 cm³/mol. The number of nitriles is 1. The van der Waals surface area contributed by atoms with Gasteiger partial charge in [-0.3, -0.25) is 14.5 Å². The average Bonchev–Trinajstić information content (AvgIpc) is 3.05. The predicted octanol–water partition coefficient (Wildman–Crippen LogP) is 2.40. The van der Waals surface area contributed by atoms with Crippen molar-refractivity contribution in [3.63, 3.8) is 0 Å². The number of carbonyl (C=O) groups excluding carboxylic acids is 2. The molecule has 124 valence electrons. The number of aromatic nitrogens is 1. The minimum absolute atomic E-state index is 0.212. The number of rotatable bonds is 3. The Hall–Kier alpha value is -2.81. The fraction of sp³-hybridized carbons (Fsp3) is 0.389. The summed E-state index contributed by atoms with van der Waals surface area (Å²) >= 11 is 0. The van der Waals surface area contributed by atoms with E-state index in [2.05, 4.69) is 10.3 Å². The van der Waals surface area contributed by atoms with E-state index in [1.165, 1.54) is 7.05 Å². The van der Waals surface area contributed by atoms with Crippen LogP contribution < -0.4 is 5.32 Å². The standard InChI is InChI=1S/C18H20N4O2/c1-22(11-19)18(24)13-7-3-5-9-15(13)21-17(23)16-10-12-6-2-4-8-14(12)20-16/h2,4,6,8,10,13,15,20H,3,5,7,9H2,1H3,(H,21,23)/t13-,15+/m1/s1. The van der Waals surface area contributed by atoms with Crippen molar-refractivity contribution in [3.05, 3.63) is 36.0 Å². The van der Waals surface area contributed by atoms with Gasteiger partial charge in [0.2, 0.25) is 5.91 Å². The van der Waals surface area contributed by atoms with E-state index < -0.39 is 0 Å². The first-order valence-corrected chi connectivity index (χ1v) is 8.16. The lowest BCUT2D eigenvalue weighted by atomic mass is 9.83. The Kier molecular flexibility index (Phi) is 4.52. The fourth-order valence-electron chi connectivity index (χ4n) is 3.34. The van der Waals surface area contributed by atoms with Crippen LogP contribution in [0.25, 0.3) is 10.9 Å². The van der Waals surface area contributed by atoms with Crippen molar-refractivity contribution >= 4 is 22.7 Å². The summed E-state index contributed by atoms with van der Waals surface area (Å²) in [5.41, 5.74) is 1.39. The van der Waals surface area contributed by atoms with Gasteiger partial charge in [0.15, 0.2) is 6.19 Å². The van der Waals surface area contributed by atoms with Gasteiger partial charge in [-0.05, 0) is 25.0 Å². The molecular weight excluding hydrogens is 304 g/mol. The Balaban J connectivity index is 1.76. The number of amides is 2. The van der Waals surface area contributed by atoms with Crippen molar-refractivity contribution in [1.29, 1.82) is 5.26 Å². The van der Waals surface area contributed by atoms with Gasteiger partial charge in [0.25, 0.3) is 5.91 Å². The topological polar surface area (TPSA) is 89.0 Å². The second-order valence-electron chi connectivity index (χ2n) is 6.24. The van der Waals surface area contributed by atoms with Crippen LogP contribution in [-0.4, -0.2) is 34.8 Å². The van der Waals surface area contributed by atoms with Crippen LogP contribution in [0.5, 0.6) is 0 Å². The van der Waals surface area contributed by atoms with E-state index in [1.807, 2.05) is 36.5 Å². The fourth-order valence-corrected chi connectivity index (χ4v) is 3.34. The molecule has 6 nitrogen and oxygen atoms in total. The molecule has 0 unspecified atom stereocenters. The zero-order chi connectivity index (χ0) is 17.1. The third kappa shape index (κ3) is 3.11. The van der Waals surface area contributed by atoms with Gasteiger partial charge in [0.05, 0.1) is 5.92 Å². The summed E-state index contributed by atoms with van der Waals surface area (Å²) in [4.78, 5) is 29.1. The van der Waals surface area contributed by atoms with Crippen LogP contribution in [0.1, 0.15) is 36.2 Å². The first kappa shape index (κ1) is 16.1. The molecule has 3 rings (SSSR count). The van der Waals surface area contributed by atoms with Crippen LogP contribution in [-0.2, 0) is 4.79 Å². The maximum Gasteiger partial charge on any atom is 0.267 e. The lowest BCUT2D eigenvalue weighted by Gasteiger charge is -2.31. The highest BCUT2D eigenvalue weighted by Crippen LogP contribution is 2.26. The molecule has 2 atom stereocenters. The Morgan fingerprint density at radius 3 is 2.79 bits per heavy atom. The maximum atomic E-state index is 12.6. The third-order valence-corrected chi connectivity index (χ3v) is 4.65. The number of benzene rings is 1. The molecule has 1 aliphatic rings. The Bertz CT molecular complexity index is 772. The molecule has 24 heavy (non-hydrogen) atoms. The Morgan fingerprint density at radius 2 is 2.04 bits per heavy atom. The van der Waals surface area contributed by atoms with E-state index in [0.717, 1.165) is 35.1 Å². The molecule has 0 spiro atoms. The summed E-state index contributed by atoms with van der Waals surface area (Å²) in [7, 11) is 1.47. The molecule has 2 aromatic rings. The molecule has 1 heterocycles. The van der Waals surface area contributed by atoms with E-state index in [9.17, 15) is 9.59 Å². The summed E-state index contributed by atoms with van der Waals surface area (Å²) in [5.74, 6) is -0.772. The molecular formula is C18H20N4O2. The quantitative estimate of drug-likeness (QED) is 0.671. The van der Waals surface area contributed by atoms with Gasteiger partial charge in [0.1, 0.15) is 5.69 Å². The lowest BCUT2D eigenvalue weighted by Crippen LogP contribution is -2.48. The smallest absolute Gasteiger partial charge is 0.267 e. The van der Waals surface area contributed by atoms with Gasteiger partial charge < -0.3 is 10.3 Å². The van der Waals surface area contributed by atoms with E-state index in [-0.39, 0.29) is 23.8 Å². The summed E-state index contributed by atoms with van der Waals surface area (Å²) in [5, 5.41) is 12.9. The van der Waals surface area contributed by atoms with Gasteiger partial charge in [-0.1, -0.05) is 31.0 Å². The van der Waals surface area contributed by atoms with Crippen LogP contribution in [0.2, 0.25) is 0 Å². The molecule has 1 fully saturated rings. The summed E-state index contributed by atoms with van der Waals surface area (Å²) < 4.78 is 0. The van der Waals surface area contributed by atoms with E-state index in [1.54, 1.807) is 0 Å². The van der Waals surface area contributed by atoms with Crippen LogP contribution >= 0.6 is 0 Å². The average molecular weight is 324 g/mol. The number of fused-ring (bicyclic) bond motifs is 1. The third-order valence-electron chi connectivity index (χ3n) is 4.65. The highest BCUT2D eigenvalue weighted by Gasteiger charge is 2.34. The van der Waals surface area contributed by atoms with E-state index in [0.29, 0.717) is 12.1 Å². The second kappa shape index (κ2) is 6.75. The van der Waals surface area contributed by atoms with Crippen molar-refractivity contribution in [2.45, 2.75) is 31.7 Å².